The second-order valence-electron chi connectivity index (χ2n) is 5.01. The van der Waals surface area contributed by atoms with Crippen LogP contribution in [0.25, 0.3) is 0 Å². The van der Waals surface area contributed by atoms with Crippen LogP contribution in [0.15, 0.2) is 16.9 Å². The summed E-state index contributed by atoms with van der Waals surface area (Å²) in [5.74, 6) is -0.132. The summed E-state index contributed by atoms with van der Waals surface area (Å²) in [5.41, 5.74) is 0.416. The maximum Gasteiger partial charge on any atom is 0.307 e. The molecule has 0 spiro atoms. The minimum absolute atomic E-state index is 0.0425. The van der Waals surface area contributed by atoms with Gasteiger partial charge in [-0.3, -0.25) is 19.5 Å². The molecule has 0 bridgehead atoms. The van der Waals surface area contributed by atoms with E-state index in [0.29, 0.717) is 18.7 Å². The van der Waals surface area contributed by atoms with E-state index in [1.807, 2.05) is 6.92 Å². The van der Waals surface area contributed by atoms with E-state index in [4.69, 9.17) is 4.74 Å². The standard InChI is InChI=1S/C14H22N4O3/c1-2-21-14(20)3-4-17-5-7-18(8-6-17)13-10-15-12(11-19)9-16-13/h9-11,13,16H,2-8H2,1H3. The van der Waals surface area contributed by atoms with Crippen molar-refractivity contribution in [2.45, 2.75) is 19.5 Å². The molecule has 116 valence electrons. The lowest BCUT2D eigenvalue weighted by Crippen LogP contribution is -2.55. The number of piperazine rings is 1. The number of carbonyl (C=O) groups excluding carboxylic acids is 2. The van der Waals surface area contributed by atoms with E-state index in [1.165, 1.54) is 0 Å². The third-order valence-electron chi connectivity index (χ3n) is 3.63. The van der Waals surface area contributed by atoms with Crippen LogP contribution in [-0.4, -0.2) is 73.8 Å². The van der Waals surface area contributed by atoms with Crippen molar-refractivity contribution in [1.29, 1.82) is 0 Å². The lowest BCUT2D eigenvalue weighted by atomic mass is 10.2. The fourth-order valence-electron chi connectivity index (χ4n) is 2.42. The predicted octanol–water partition coefficient (Wildman–Crippen LogP) is -0.402. The van der Waals surface area contributed by atoms with Crippen molar-refractivity contribution in [3.63, 3.8) is 0 Å². The Morgan fingerprint density at radius 1 is 1.48 bits per heavy atom. The van der Waals surface area contributed by atoms with Crippen LogP contribution in [0, 0.1) is 0 Å². The Balaban J connectivity index is 1.69. The van der Waals surface area contributed by atoms with Crippen LogP contribution in [0.5, 0.6) is 0 Å². The number of nitrogens with zero attached hydrogens (tertiary/aromatic N) is 3. The van der Waals surface area contributed by atoms with Crippen LogP contribution in [0.3, 0.4) is 0 Å². The van der Waals surface area contributed by atoms with Crippen molar-refractivity contribution in [2.75, 3.05) is 39.3 Å². The van der Waals surface area contributed by atoms with Crippen molar-refractivity contribution in [2.24, 2.45) is 4.99 Å². The highest BCUT2D eigenvalue weighted by Crippen LogP contribution is 2.08. The zero-order valence-corrected chi connectivity index (χ0v) is 12.3. The highest BCUT2D eigenvalue weighted by Gasteiger charge is 2.23. The minimum atomic E-state index is -0.132. The number of ether oxygens (including phenoxy) is 1. The summed E-state index contributed by atoms with van der Waals surface area (Å²) in [5, 5.41) is 3.16. The highest BCUT2D eigenvalue weighted by atomic mass is 16.5. The van der Waals surface area contributed by atoms with Crippen molar-refractivity contribution in [3.05, 3.63) is 11.9 Å². The van der Waals surface area contributed by atoms with Crippen LogP contribution in [0.1, 0.15) is 13.3 Å². The van der Waals surface area contributed by atoms with Gasteiger partial charge in [0.2, 0.25) is 0 Å². The highest BCUT2D eigenvalue weighted by molar-refractivity contribution is 5.79. The molecule has 7 heteroatoms. The lowest BCUT2D eigenvalue weighted by molar-refractivity contribution is -0.143. The first-order valence-corrected chi connectivity index (χ1v) is 7.30. The molecule has 0 saturated carbocycles. The minimum Gasteiger partial charge on any atom is -0.466 e. The number of aliphatic imine (C=N–C) groups is 1. The van der Waals surface area contributed by atoms with Gasteiger partial charge in [-0.2, -0.15) is 0 Å². The molecule has 7 nitrogen and oxygen atoms in total. The number of carbonyl (C=O) groups is 2. The molecule has 1 atom stereocenters. The molecule has 2 aliphatic rings. The largest absolute Gasteiger partial charge is 0.466 e. The Bertz CT molecular complexity index is 428. The molecule has 0 radical (unpaired) electrons. The average molecular weight is 294 g/mol. The number of aldehydes is 1. The van der Waals surface area contributed by atoms with Gasteiger partial charge >= 0.3 is 5.97 Å². The predicted molar refractivity (Wildman–Crippen MR) is 78.8 cm³/mol. The zero-order chi connectivity index (χ0) is 15.1. The molecule has 21 heavy (non-hydrogen) atoms. The van der Waals surface area contributed by atoms with Gasteiger partial charge in [-0.15, -0.1) is 0 Å². The Morgan fingerprint density at radius 2 is 2.24 bits per heavy atom. The Kier molecular flexibility index (Phi) is 5.89. The average Bonchev–Trinajstić information content (AvgIpc) is 2.54. The van der Waals surface area contributed by atoms with E-state index in [1.54, 1.807) is 12.4 Å². The number of allylic oxidation sites excluding steroid dienone is 1. The Morgan fingerprint density at radius 3 is 2.81 bits per heavy atom. The third-order valence-corrected chi connectivity index (χ3v) is 3.63. The molecule has 1 N–H and O–H groups in total. The van der Waals surface area contributed by atoms with Gasteiger partial charge in [0.05, 0.1) is 13.0 Å². The number of hydrogen-bond donors (Lipinski definition) is 1. The van der Waals surface area contributed by atoms with E-state index in [9.17, 15) is 9.59 Å². The van der Waals surface area contributed by atoms with Crippen molar-refractivity contribution in [3.8, 4) is 0 Å². The van der Waals surface area contributed by atoms with Gasteiger partial charge in [-0.1, -0.05) is 0 Å². The Hall–Kier alpha value is -1.73. The van der Waals surface area contributed by atoms with E-state index in [0.717, 1.165) is 39.0 Å². The first-order valence-electron chi connectivity index (χ1n) is 7.30. The molecular formula is C14H22N4O3. The second kappa shape index (κ2) is 7.90. The molecule has 2 aliphatic heterocycles. The molecule has 0 aromatic carbocycles. The monoisotopic (exact) mass is 294 g/mol. The molecule has 0 aromatic rings. The summed E-state index contributed by atoms with van der Waals surface area (Å²) in [6, 6.07) is 0. The van der Waals surface area contributed by atoms with E-state index >= 15 is 0 Å². The number of hydrogen-bond acceptors (Lipinski definition) is 7. The quantitative estimate of drug-likeness (QED) is 0.531. The normalized spacial score (nSPS) is 23.3. The molecule has 1 fully saturated rings. The number of rotatable bonds is 6. The molecule has 1 saturated heterocycles. The first kappa shape index (κ1) is 15.7. The summed E-state index contributed by atoms with van der Waals surface area (Å²) in [4.78, 5) is 30.5. The number of nitrogens with one attached hydrogen (secondary N) is 1. The number of esters is 1. The van der Waals surface area contributed by atoms with Crippen molar-refractivity contribution in [1.82, 2.24) is 15.1 Å². The van der Waals surface area contributed by atoms with Gasteiger partial charge in [0.25, 0.3) is 0 Å². The van der Waals surface area contributed by atoms with Gasteiger partial charge in [0, 0.05) is 45.1 Å². The summed E-state index contributed by atoms with van der Waals surface area (Å²) < 4.78 is 4.93. The fourth-order valence-corrected chi connectivity index (χ4v) is 2.42. The van der Waals surface area contributed by atoms with Crippen LogP contribution in [0.4, 0.5) is 0 Å². The molecule has 2 heterocycles. The van der Waals surface area contributed by atoms with Crippen molar-refractivity contribution >= 4 is 18.5 Å². The van der Waals surface area contributed by atoms with E-state index in [2.05, 4.69) is 20.1 Å². The first-order chi connectivity index (χ1) is 10.2. The maximum absolute atomic E-state index is 11.3. The molecule has 1 unspecified atom stereocenters. The van der Waals surface area contributed by atoms with Gasteiger partial charge in [0.15, 0.2) is 6.29 Å². The van der Waals surface area contributed by atoms with Crippen molar-refractivity contribution < 1.29 is 14.3 Å². The summed E-state index contributed by atoms with van der Waals surface area (Å²) in [6.45, 7) is 6.63. The molecule has 0 aliphatic carbocycles. The molecular weight excluding hydrogens is 272 g/mol. The molecule has 2 rings (SSSR count). The summed E-state index contributed by atoms with van der Waals surface area (Å²) in [7, 11) is 0. The fraction of sp³-hybridized carbons (Fsp3) is 0.643. The summed E-state index contributed by atoms with van der Waals surface area (Å²) in [6.07, 6.45) is 4.62. The van der Waals surface area contributed by atoms with E-state index in [-0.39, 0.29) is 12.1 Å². The smallest absolute Gasteiger partial charge is 0.307 e. The second-order valence-corrected chi connectivity index (χ2v) is 5.01. The van der Waals surface area contributed by atoms with Gasteiger partial charge in [0.1, 0.15) is 11.9 Å². The van der Waals surface area contributed by atoms with Gasteiger partial charge in [-0.05, 0) is 6.92 Å². The summed E-state index contributed by atoms with van der Waals surface area (Å²) >= 11 is 0. The zero-order valence-electron chi connectivity index (χ0n) is 12.3. The van der Waals surface area contributed by atoms with Crippen LogP contribution in [-0.2, 0) is 14.3 Å². The van der Waals surface area contributed by atoms with E-state index < -0.39 is 0 Å². The van der Waals surface area contributed by atoms with Gasteiger partial charge in [-0.25, -0.2) is 0 Å². The third kappa shape index (κ3) is 4.64. The topological polar surface area (TPSA) is 74.2 Å². The Labute approximate surface area is 124 Å². The van der Waals surface area contributed by atoms with Crippen LogP contribution >= 0.6 is 0 Å². The SMILES string of the molecule is CCOC(=O)CCN1CCN(C2C=NC(C=O)=CN2)CC1. The van der Waals surface area contributed by atoms with Crippen LogP contribution < -0.4 is 5.32 Å². The maximum atomic E-state index is 11.3. The van der Waals surface area contributed by atoms with Gasteiger partial charge < -0.3 is 15.0 Å². The molecule has 0 aromatic heterocycles. The van der Waals surface area contributed by atoms with Crippen LogP contribution in [0.2, 0.25) is 0 Å². The lowest BCUT2D eigenvalue weighted by Gasteiger charge is -2.38. The molecule has 0 amide bonds.